The number of thioether (sulfide) groups is 1. The number of aliphatic carboxylic acids is 1. The van der Waals surface area contributed by atoms with E-state index in [1.54, 1.807) is 17.8 Å². The molecule has 0 saturated carbocycles. The first-order chi connectivity index (χ1) is 17.1. The van der Waals surface area contributed by atoms with E-state index >= 15 is 0 Å². The van der Waals surface area contributed by atoms with Gasteiger partial charge in [0, 0.05) is 51.4 Å². The van der Waals surface area contributed by atoms with Crippen molar-refractivity contribution >= 4 is 49.7 Å². The number of nitrogens with one attached hydrogen (secondary N) is 2. The third-order valence-electron chi connectivity index (χ3n) is 4.46. The van der Waals surface area contributed by atoms with Gasteiger partial charge < -0.3 is 30.9 Å². The molecule has 2 heterocycles. The van der Waals surface area contributed by atoms with Crippen molar-refractivity contribution in [3.05, 3.63) is 12.7 Å². The first kappa shape index (κ1) is 33.5. The fourth-order valence-electron chi connectivity index (χ4n) is 3.01. The molecule has 0 aliphatic carbocycles. The lowest BCUT2D eigenvalue weighted by Crippen LogP contribution is -2.39. The smallest absolute Gasteiger partial charge is 0.325 e. The van der Waals surface area contributed by atoms with E-state index in [2.05, 4.69) is 26.7 Å². The molecule has 2 aliphatic heterocycles. The lowest BCUT2D eigenvalue weighted by Gasteiger charge is -2.17. The molecule has 15 heteroatoms. The number of nitrogens with two attached hydrogens (primary N) is 1. The zero-order chi connectivity index (χ0) is 27.5. The van der Waals surface area contributed by atoms with Crippen molar-refractivity contribution in [1.82, 2.24) is 15.5 Å². The topological polar surface area (TPSA) is 190 Å². The van der Waals surface area contributed by atoms with Gasteiger partial charge >= 0.3 is 18.0 Å². The number of rotatable bonds is 11. The minimum Gasteiger partial charge on any atom is -0.481 e. The Morgan fingerprint density at radius 1 is 1.36 bits per heavy atom. The number of ether oxygens (including phenoxy) is 2. The summed E-state index contributed by atoms with van der Waals surface area (Å²) in [6, 6.07) is -0.720. The second-order valence-electron chi connectivity index (χ2n) is 7.27. The van der Waals surface area contributed by atoms with Gasteiger partial charge in [-0.3, -0.25) is 23.9 Å². The maximum absolute atomic E-state index is 11.8. The van der Waals surface area contributed by atoms with E-state index < -0.39 is 12.0 Å². The van der Waals surface area contributed by atoms with E-state index in [0.717, 1.165) is 0 Å². The molecule has 0 aromatic rings. The van der Waals surface area contributed by atoms with Gasteiger partial charge in [-0.25, -0.2) is 9.69 Å². The number of hydrogen-bond acceptors (Lipinski definition) is 10. The zero-order valence-electron chi connectivity index (χ0n) is 20.8. The third kappa shape index (κ3) is 14.1. The standard InChI is InChI=1S/C10H14N3O4PS.C7H12O3.C4H10N2O/c1-11-18-10(17)13-5-4-19-6(2-3-7(14)15)8(5)12-9(13)16;1-3-4-9-5-6-10-7(2)8;1-4(7)6-3-2-5/h5-6,8H,2-4H2,1H3,(H,12,16)(H,14,15);3H,1,4-6H2,2H3;2-3,5H2,1H3,(H,6,7). The molecule has 3 unspecified atom stereocenters. The number of imide groups is 1. The molecule has 204 valence electrons. The van der Waals surface area contributed by atoms with Crippen LogP contribution in [0.3, 0.4) is 0 Å². The van der Waals surface area contributed by atoms with Gasteiger partial charge in [0.25, 0.3) is 5.65 Å². The van der Waals surface area contributed by atoms with Gasteiger partial charge in [-0.2, -0.15) is 11.8 Å². The molecular weight excluding hydrogens is 513 g/mol. The molecule has 0 aromatic carbocycles. The average molecular weight is 550 g/mol. The average Bonchev–Trinajstić information content (AvgIpc) is 3.34. The van der Waals surface area contributed by atoms with E-state index in [9.17, 15) is 24.0 Å². The summed E-state index contributed by atoms with van der Waals surface area (Å²) in [5.41, 5.74) is 4.74. The van der Waals surface area contributed by atoms with E-state index in [4.69, 9.17) is 15.6 Å². The fourth-order valence-corrected chi connectivity index (χ4v) is 5.06. The van der Waals surface area contributed by atoms with Crippen LogP contribution in [-0.4, -0.2) is 103 Å². The van der Waals surface area contributed by atoms with Gasteiger partial charge in [0.15, 0.2) is 0 Å². The van der Waals surface area contributed by atoms with Crippen molar-refractivity contribution in [3.8, 4) is 0 Å². The summed E-state index contributed by atoms with van der Waals surface area (Å²) >= 11 is 1.61. The Morgan fingerprint density at radius 3 is 2.56 bits per heavy atom. The molecule has 5 N–H and O–H groups in total. The minimum atomic E-state index is -0.843. The highest BCUT2D eigenvalue weighted by Crippen LogP contribution is 2.37. The molecule has 2 fully saturated rings. The van der Waals surface area contributed by atoms with Gasteiger partial charge in [0.1, 0.15) is 15.0 Å². The number of carboxylic acid groups (broad SMARTS) is 1. The number of carbonyl (C=O) groups is 5. The Kier molecular flexibility index (Phi) is 18.2. The Labute approximate surface area is 216 Å². The number of urea groups is 1. The number of nitrogens with zero attached hydrogens (tertiary/aromatic N) is 2. The summed E-state index contributed by atoms with van der Waals surface area (Å²) < 4.78 is 13.3. The quantitative estimate of drug-likeness (QED) is 0.0964. The molecule has 4 amide bonds. The fraction of sp³-hybridized carbons (Fsp3) is 0.667. The van der Waals surface area contributed by atoms with E-state index in [1.807, 2.05) is 0 Å². The maximum atomic E-state index is 11.8. The third-order valence-corrected chi connectivity index (χ3v) is 6.54. The van der Waals surface area contributed by atoms with Crippen LogP contribution < -0.4 is 16.4 Å². The first-order valence-corrected chi connectivity index (χ1v) is 13.0. The van der Waals surface area contributed by atoms with Crippen molar-refractivity contribution in [2.24, 2.45) is 10.5 Å². The molecule has 13 nitrogen and oxygen atoms in total. The molecule has 3 atom stereocenters. The normalized spacial score (nSPS) is 19.7. The van der Waals surface area contributed by atoms with Gasteiger partial charge in [-0.15, -0.1) is 6.58 Å². The molecule has 0 spiro atoms. The van der Waals surface area contributed by atoms with Crippen LogP contribution in [0.1, 0.15) is 26.7 Å². The number of fused-ring (bicyclic) bond motifs is 1. The molecule has 2 aliphatic rings. The predicted molar refractivity (Wildman–Crippen MR) is 137 cm³/mol. The zero-order valence-corrected chi connectivity index (χ0v) is 22.5. The van der Waals surface area contributed by atoms with Crippen LogP contribution in [0.25, 0.3) is 0 Å². The predicted octanol–water partition coefficient (Wildman–Crippen LogP) is 1.44. The largest absolute Gasteiger partial charge is 0.481 e. The second kappa shape index (κ2) is 19.6. The summed E-state index contributed by atoms with van der Waals surface area (Å²) in [7, 11) is 1.77. The van der Waals surface area contributed by atoms with Crippen molar-refractivity contribution in [2.75, 3.05) is 45.7 Å². The molecule has 2 rings (SSSR count). The lowest BCUT2D eigenvalue weighted by atomic mass is 10.0. The van der Waals surface area contributed by atoms with Crippen molar-refractivity contribution in [1.29, 1.82) is 0 Å². The van der Waals surface area contributed by atoms with E-state index in [0.29, 0.717) is 45.1 Å². The van der Waals surface area contributed by atoms with Crippen molar-refractivity contribution < 1.29 is 38.6 Å². The summed E-state index contributed by atoms with van der Waals surface area (Å²) in [5.74, 6) is -0.490. The van der Waals surface area contributed by atoms with Crippen LogP contribution in [0.15, 0.2) is 17.4 Å². The Bertz CT molecular complexity index is 785. The summed E-state index contributed by atoms with van der Waals surface area (Å²) in [5, 5.41) is 14.1. The van der Waals surface area contributed by atoms with Crippen LogP contribution in [0.2, 0.25) is 0 Å². The summed E-state index contributed by atoms with van der Waals surface area (Å²) in [4.78, 5) is 55.7. The van der Waals surface area contributed by atoms with E-state index in [-0.39, 0.29) is 49.7 Å². The van der Waals surface area contributed by atoms with Crippen LogP contribution in [0, 0.1) is 0 Å². The summed E-state index contributed by atoms with van der Waals surface area (Å²) in [6.45, 7) is 8.65. The highest BCUT2D eigenvalue weighted by atomic mass is 32.2. The molecule has 36 heavy (non-hydrogen) atoms. The highest BCUT2D eigenvalue weighted by Gasteiger charge is 2.50. The number of carbonyl (C=O) groups excluding carboxylic acids is 4. The number of hydrogen-bond donors (Lipinski definition) is 4. The van der Waals surface area contributed by atoms with Crippen molar-refractivity contribution in [3.63, 3.8) is 0 Å². The van der Waals surface area contributed by atoms with E-state index in [1.165, 1.54) is 25.8 Å². The van der Waals surface area contributed by atoms with Gasteiger partial charge in [0.05, 0.1) is 25.3 Å². The van der Waals surface area contributed by atoms with Gasteiger partial charge in [-0.05, 0) is 6.42 Å². The number of esters is 1. The lowest BCUT2D eigenvalue weighted by molar-refractivity contribution is -0.142. The van der Waals surface area contributed by atoms with Crippen LogP contribution in [0.5, 0.6) is 0 Å². The Morgan fingerprint density at radius 2 is 2.06 bits per heavy atom. The van der Waals surface area contributed by atoms with Gasteiger partial charge in [-0.1, -0.05) is 6.08 Å². The Hall–Kier alpha value is -2.54. The molecule has 0 radical (unpaired) electrons. The van der Waals surface area contributed by atoms with Crippen LogP contribution in [-0.2, 0) is 23.9 Å². The SMILES string of the molecule is C=CCOCCOC(C)=O.CC(=O)NCCN.CN=PC(=O)N1C(=O)NC2C(CCC(=O)O)SCC21. The molecule has 0 aromatic heterocycles. The van der Waals surface area contributed by atoms with Gasteiger partial charge in [0.2, 0.25) is 5.91 Å². The summed E-state index contributed by atoms with van der Waals surface area (Å²) in [6.07, 6.45) is 2.22. The minimum absolute atomic E-state index is 0.0227. The second-order valence-corrected chi connectivity index (χ2v) is 9.53. The van der Waals surface area contributed by atoms with Crippen molar-refractivity contribution in [2.45, 2.75) is 44.0 Å². The number of carboxylic acids is 1. The number of amides is 4. The van der Waals surface area contributed by atoms with Crippen LogP contribution >= 0.6 is 20.1 Å². The van der Waals surface area contributed by atoms with Crippen LogP contribution in [0.4, 0.5) is 9.59 Å². The maximum Gasteiger partial charge on any atom is 0.325 e. The molecular formula is C21H36N5O8PS. The molecule has 2 saturated heterocycles. The first-order valence-electron chi connectivity index (χ1n) is 11.1. The monoisotopic (exact) mass is 549 g/mol. The highest BCUT2D eigenvalue weighted by molar-refractivity contribution is 8.00. The Balaban J connectivity index is 0.000000605. The molecule has 0 bridgehead atoms.